The lowest BCUT2D eigenvalue weighted by Crippen LogP contribution is -2.46. The monoisotopic (exact) mass is 578 g/mol. The van der Waals surface area contributed by atoms with E-state index in [9.17, 15) is 19.2 Å². The zero-order chi connectivity index (χ0) is 28.6. The summed E-state index contributed by atoms with van der Waals surface area (Å²) in [5.41, 5.74) is 3.48. The van der Waals surface area contributed by atoms with Crippen LogP contribution < -0.4 is 11.1 Å². The van der Waals surface area contributed by atoms with Gasteiger partial charge in [-0.25, -0.2) is 4.79 Å². The van der Waals surface area contributed by atoms with Crippen molar-refractivity contribution in [1.29, 1.82) is 0 Å². The number of nitrogens with two attached hydrogens (primary N) is 1. The summed E-state index contributed by atoms with van der Waals surface area (Å²) in [5, 5.41) is 2.04. The minimum atomic E-state index is -0.814. The van der Waals surface area contributed by atoms with Crippen molar-refractivity contribution in [2.45, 2.75) is 117 Å². The van der Waals surface area contributed by atoms with Crippen LogP contribution in [-0.4, -0.2) is 42.4 Å². The average Bonchev–Trinajstić information content (AvgIpc) is 2.81. The van der Waals surface area contributed by atoms with Gasteiger partial charge in [-0.15, -0.1) is 0 Å². The fourth-order valence-corrected chi connectivity index (χ4v) is 4.76. The Balaban J connectivity index is 0. The molecule has 0 bridgehead atoms. The molecule has 0 spiro atoms. The molecular formula is C27H51BrN2O6. The van der Waals surface area contributed by atoms with Crippen LogP contribution in [0.1, 0.15) is 113 Å². The summed E-state index contributed by atoms with van der Waals surface area (Å²) in [4.78, 5) is 46.5. The van der Waals surface area contributed by atoms with Crippen molar-refractivity contribution >= 4 is 39.8 Å². The molecule has 0 rings (SSSR count). The number of urea groups is 1. The van der Waals surface area contributed by atoms with E-state index in [1.54, 1.807) is 0 Å². The number of methoxy groups -OCH3 is 2. The highest BCUT2D eigenvalue weighted by molar-refractivity contribution is 9.10. The van der Waals surface area contributed by atoms with Crippen molar-refractivity contribution in [1.82, 2.24) is 5.32 Å². The zero-order valence-electron chi connectivity index (χ0n) is 24.1. The molecule has 2 atom stereocenters. The molecule has 9 heteroatoms. The molecule has 212 valence electrons. The molecule has 0 aliphatic carbocycles. The van der Waals surface area contributed by atoms with Gasteiger partial charge in [0.2, 0.25) is 5.91 Å². The van der Waals surface area contributed by atoms with E-state index in [1.807, 2.05) is 33.0 Å². The predicted octanol–water partition coefficient (Wildman–Crippen LogP) is 6.28. The van der Waals surface area contributed by atoms with Crippen LogP contribution in [0.3, 0.4) is 0 Å². The van der Waals surface area contributed by atoms with Crippen molar-refractivity contribution < 1.29 is 28.7 Å². The molecule has 0 fully saturated rings. The van der Waals surface area contributed by atoms with Gasteiger partial charge in [0, 0.05) is 0 Å². The number of carbonyl (C=O) groups is 4. The highest BCUT2D eigenvalue weighted by Crippen LogP contribution is 2.43. The van der Waals surface area contributed by atoms with Crippen molar-refractivity contribution in [3.8, 4) is 0 Å². The van der Waals surface area contributed by atoms with Gasteiger partial charge in [0.15, 0.2) is 0 Å². The Morgan fingerprint density at radius 3 is 1.72 bits per heavy atom. The Kier molecular flexibility index (Phi) is 18.0. The largest absolute Gasteiger partial charge is 0.469 e. The van der Waals surface area contributed by atoms with Crippen LogP contribution in [0.4, 0.5) is 4.79 Å². The maximum Gasteiger partial charge on any atom is 0.318 e. The van der Waals surface area contributed by atoms with E-state index in [0.29, 0.717) is 31.6 Å². The molecule has 0 aliphatic heterocycles. The summed E-state index contributed by atoms with van der Waals surface area (Å²) in [6, 6.07) is -0.814. The smallest absolute Gasteiger partial charge is 0.318 e. The normalized spacial score (nSPS) is 14.5. The van der Waals surface area contributed by atoms with Crippen LogP contribution in [0.5, 0.6) is 0 Å². The molecule has 3 N–H and O–H groups in total. The number of halogens is 1. The van der Waals surface area contributed by atoms with E-state index in [4.69, 9.17) is 15.2 Å². The molecule has 0 aromatic heterocycles. The third-order valence-electron chi connectivity index (χ3n) is 6.59. The van der Waals surface area contributed by atoms with E-state index in [1.165, 1.54) is 33.5 Å². The Morgan fingerprint density at radius 1 is 0.861 bits per heavy atom. The number of amides is 3. The number of imide groups is 1. The second kappa shape index (κ2) is 17.8. The van der Waals surface area contributed by atoms with Crippen molar-refractivity contribution in [3.05, 3.63) is 0 Å². The first-order valence-corrected chi connectivity index (χ1v) is 13.9. The molecule has 0 saturated carbocycles. The second-order valence-corrected chi connectivity index (χ2v) is 12.1. The third kappa shape index (κ3) is 13.1. The van der Waals surface area contributed by atoms with Crippen molar-refractivity contribution in [3.63, 3.8) is 0 Å². The lowest BCUT2D eigenvalue weighted by Gasteiger charge is -2.37. The first-order chi connectivity index (χ1) is 16.6. The molecule has 36 heavy (non-hydrogen) atoms. The predicted molar refractivity (Wildman–Crippen MR) is 148 cm³/mol. The third-order valence-corrected chi connectivity index (χ3v) is 8.07. The number of rotatable bonds is 15. The summed E-state index contributed by atoms with van der Waals surface area (Å²) in [7, 11) is 2.84. The Hall–Kier alpha value is -1.64. The maximum atomic E-state index is 12.5. The van der Waals surface area contributed by atoms with Crippen LogP contribution in [0.15, 0.2) is 0 Å². The zero-order valence-corrected chi connectivity index (χ0v) is 25.6. The van der Waals surface area contributed by atoms with Gasteiger partial charge in [-0.2, -0.15) is 0 Å². The number of hydrogen-bond acceptors (Lipinski definition) is 6. The van der Waals surface area contributed by atoms with Gasteiger partial charge in [-0.1, -0.05) is 82.7 Å². The highest BCUT2D eigenvalue weighted by atomic mass is 79.9. The minimum absolute atomic E-state index is 0.225. The van der Waals surface area contributed by atoms with E-state index in [0.717, 1.165) is 19.3 Å². The number of hydrogen-bond donors (Lipinski definition) is 2. The molecule has 0 aromatic carbocycles. The second-order valence-electron chi connectivity index (χ2n) is 10.5. The Bertz CT molecular complexity index is 696. The standard InChI is InChI=1S/C20H38O4.C7H13BrN2O2/c1-8-9-10-11-12-13-19(4,17(21)23-6)15-20(5,14-16(2)3)18(22)24-7;1-3-7(8,4-2)5(11)10-6(9)12/h16H,8-15H2,1-7H3;3-4H2,1-2H3,(H3,9,10,11,12). The summed E-state index contributed by atoms with van der Waals surface area (Å²) in [5.74, 6) is -0.491. The van der Waals surface area contributed by atoms with E-state index < -0.39 is 21.2 Å². The van der Waals surface area contributed by atoms with Gasteiger partial charge < -0.3 is 15.2 Å². The molecule has 0 saturated heterocycles. The van der Waals surface area contributed by atoms with Crippen LogP contribution in [0.25, 0.3) is 0 Å². The summed E-state index contributed by atoms with van der Waals surface area (Å²) >= 11 is 3.26. The van der Waals surface area contributed by atoms with E-state index >= 15 is 0 Å². The van der Waals surface area contributed by atoms with Crippen LogP contribution in [0, 0.1) is 16.7 Å². The SMILES string of the molecule is CCC(Br)(CC)C(=O)NC(N)=O.CCCCCCCC(C)(CC(C)(CC(C)C)C(=O)OC)C(=O)OC. The van der Waals surface area contributed by atoms with Crippen molar-refractivity contribution in [2.24, 2.45) is 22.5 Å². The molecule has 0 radical (unpaired) electrons. The number of primary amides is 1. The van der Waals surface area contributed by atoms with Crippen molar-refractivity contribution in [2.75, 3.05) is 14.2 Å². The van der Waals surface area contributed by atoms with Gasteiger partial charge in [0.25, 0.3) is 0 Å². The molecule has 0 heterocycles. The first-order valence-electron chi connectivity index (χ1n) is 13.1. The fraction of sp³-hybridized carbons (Fsp3) is 0.852. The highest BCUT2D eigenvalue weighted by Gasteiger charge is 2.45. The van der Waals surface area contributed by atoms with Gasteiger partial charge in [0.05, 0.1) is 25.0 Å². The van der Waals surface area contributed by atoms with Gasteiger partial charge in [0.1, 0.15) is 4.32 Å². The summed E-state index contributed by atoms with van der Waals surface area (Å²) in [6.07, 6.45) is 8.83. The lowest BCUT2D eigenvalue weighted by molar-refractivity contribution is -0.162. The van der Waals surface area contributed by atoms with Crippen LogP contribution in [0.2, 0.25) is 0 Å². The van der Waals surface area contributed by atoms with E-state index in [2.05, 4.69) is 36.7 Å². The number of alkyl halides is 1. The van der Waals surface area contributed by atoms with Crippen LogP contribution >= 0.6 is 15.9 Å². The number of nitrogens with one attached hydrogen (secondary N) is 1. The Labute approximate surface area is 227 Å². The average molecular weight is 580 g/mol. The minimum Gasteiger partial charge on any atom is -0.469 e. The maximum absolute atomic E-state index is 12.5. The Morgan fingerprint density at radius 2 is 1.33 bits per heavy atom. The van der Waals surface area contributed by atoms with Gasteiger partial charge in [-0.3, -0.25) is 19.7 Å². The van der Waals surface area contributed by atoms with Crippen LogP contribution in [-0.2, 0) is 23.9 Å². The fourth-order valence-electron chi connectivity index (χ4n) is 4.66. The molecular weight excluding hydrogens is 528 g/mol. The number of carbonyl (C=O) groups excluding carboxylic acids is 4. The summed E-state index contributed by atoms with van der Waals surface area (Å²) < 4.78 is 9.44. The molecule has 0 aromatic rings. The molecule has 3 amide bonds. The molecule has 2 unspecified atom stereocenters. The number of unbranched alkanes of at least 4 members (excludes halogenated alkanes) is 4. The topological polar surface area (TPSA) is 125 Å². The van der Waals surface area contributed by atoms with Gasteiger partial charge in [-0.05, 0) is 51.9 Å². The molecule has 8 nitrogen and oxygen atoms in total. The summed E-state index contributed by atoms with van der Waals surface area (Å²) in [6.45, 7) is 13.9. The number of esters is 2. The van der Waals surface area contributed by atoms with Gasteiger partial charge >= 0.3 is 18.0 Å². The number of ether oxygens (including phenoxy) is 2. The lowest BCUT2D eigenvalue weighted by atomic mass is 9.67. The first kappa shape index (κ1) is 36.5. The quantitative estimate of drug-likeness (QED) is 0.134. The molecule has 0 aliphatic rings. The van der Waals surface area contributed by atoms with E-state index in [-0.39, 0.29) is 17.8 Å².